The van der Waals surface area contributed by atoms with Gasteiger partial charge in [-0.05, 0) is 36.3 Å². The molecule has 0 heterocycles. The predicted molar refractivity (Wildman–Crippen MR) is 97.0 cm³/mol. The minimum Gasteiger partial charge on any atom is -0.496 e. The molecule has 2 amide bonds. The maximum atomic E-state index is 12.2. The number of primary amides is 1. The highest BCUT2D eigenvalue weighted by Crippen LogP contribution is 2.36. The smallest absolute Gasteiger partial charge is 0.252 e. The van der Waals surface area contributed by atoms with Gasteiger partial charge >= 0.3 is 0 Å². The van der Waals surface area contributed by atoms with Crippen LogP contribution >= 0.6 is 0 Å². The van der Waals surface area contributed by atoms with Crippen molar-refractivity contribution in [3.05, 3.63) is 29.3 Å². The van der Waals surface area contributed by atoms with E-state index in [1.54, 1.807) is 6.07 Å². The summed E-state index contributed by atoms with van der Waals surface area (Å²) in [6.07, 6.45) is 0. The van der Waals surface area contributed by atoms with Gasteiger partial charge in [-0.25, -0.2) is 0 Å². The maximum absolute atomic E-state index is 12.2. The third kappa shape index (κ3) is 5.07. The number of rotatable bonds is 7. The van der Waals surface area contributed by atoms with Crippen molar-refractivity contribution in [2.24, 2.45) is 5.73 Å². The van der Waals surface area contributed by atoms with E-state index in [0.717, 1.165) is 0 Å². The van der Waals surface area contributed by atoms with Gasteiger partial charge in [-0.3, -0.25) is 9.59 Å². The molecule has 1 rings (SSSR count). The Morgan fingerprint density at radius 3 is 2.38 bits per heavy atom. The number of ether oxygens (including phenoxy) is 1. The summed E-state index contributed by atoms with van der Waals surface area (Å²) in [5.74, 6) is -0.558. The normalized spacial score (nSPS) is 11.9. The molecule has 3 N–H and O–H groups in total. The highest BCUT2D eigenvalue weighted by Gasteiger charge is 2.36. The summed E-state index contributed by atoms with van der Waals surface area (Å²) in [7, 11) is -0.387. The summed E-state index contributed by atoms with van der Waals surface area (Å²) in [6.45, 7) is 11.7. The summed E-state index contributed by atoms with van der Waals surface area (Å²) in [6, 6.07) is 4.54. The molecule has 1 aromatic carbocycles. The van der Waals surface area contributed by atoms with E-state index in [9.17, 15) is 9.59 Å². The number of nitrogens with two attached hydrogens (primary N) is 1. The Hall–Kier alpha value is -1.86. The number of hydrogen-bond donors (Lipinski definition) is 2. The SMILES string of the molecule is COc1cc(C(=O)NCCO[Si](C)(C)C(C)(C)C)ccc1C(N)=O. The van der Waals surface area contributed by atoms with E-state index >= 15 is 0 Å². The van der Waals surface area contributed by atoms with Gasteiger partial charge < -0.3 is 20.2 Å². The fraction of sp³-hybridized carbons (Fsp3) is 0.529. The Balaban J connectivity index is 2.62. The molecule has 0 aromatic heterocycles. The molecule has 6 nitrogen and oxygen atoms in total. The third-order valence-corrected chi connectivity index (χ3v) is 8.92. The second kappa shape index (κ2) is 7.81. The second-order valence-corrected chi connectivity index (χ2v) is 12.0. The fourth-order valence-electron chi connectivity index (χ4n) is 1.83. The van der Waals surface area contributed by atoms with Crippen LogP contribution in [-0.4, -0.2) is 40.4 Å². The molecular weight excluding hydrogens is 324 g/mol. The van der Waals surface area contributed by atoms with Gasteiger partial charge in [0, 0.05) is 12.1 Å². The van der Waals surface area contributed by atoms with Gasteiger partial charge in [0.25, 0.3) is 11.8 Å². The quantitative estimate of drug-likeness (QED) is 0.583. The Bertz CT molecular complexity index is 609. The molecule has 1 aromatic rings. The Morgan fingerprint density at radius 2 is 1.88 bits per heavy atom. The van der Waals surface area contributed by atoms with Crippen LogP contribution in [0.4, 0.5) is 0 Å². The molecule has 0 atom stereocenters. The zero-order valence-electron chi connectivity index (χ0n) is 15.4. The molecule has 0 saturated heterocycles. The molecule has 0 aliphatic carbocycles. The number of carbonyl (C=O) groups is 2. The Kier molecular flexibility index (Phi) is 6.56. The summed E-state index contributed by atoms with van der Waals surface area (Å²) in [4.78, 5) is 23.5. The molecule has 0 radical (unpaired) electrons. The van der Waals surface area contributed by atoms with Gasteiger partial charge in [-0.15, -0.1) is 0 Å². The zero-order valence-corrected chi connectivity index (χ0v) is 16.4. The van der Waals surface area contributed by atoms with Crippen molar-refractivity contribution < 1.29 is 18.8 Å². The Labute approximate surface area is 144 Å². The van der Waals surface area contributed by atoms with Crippen molar-refractivity contribution in [2.45, 2.75) is 38.9 Å². The van der Waals surface area contributed by atoms with Crippen LogP contribution in [0.15, 0.2) is 18.2 Å². The number of nitrogens with one attached hydrogen (secondary N) is 1. The average molecular weight is 353 g/mol. The summed E-state index contributed by atoms with van der Waals surface area (Å²) in [5.41, 5.74) is 5.91. The van der Waals surface area contributed by atoms with Gasteiger partial charge in [0.15, 0.2) is 8.32 Å². The average Bonchev–Trinajstić information content (AvgIpc) is 2.49. The minimum absolute atomic E-state index is 0.134. The summed E-state index contributed by atoms with van der Waals surface area (Å²) < 4.78 is 11.1. The van der Waals surface area contributed by atoms with Crippen LogP contribution in [-0.2, 0) is 4.43 Å². The van der Waals surface area contributed by atoms with Crippen LogP contribution in [0.1, 0.15) is 41.5 Å². The topological polar surface area (TPSA) is 90.7 Å². The number of carbonyl (C=O) groups excluding carboxylic acids is 2. The van der Waals surface area contributed by atoms with Gasteiger partial charge in [-0.1, -0.05) is 20.8 Å². The van der Waals surface area contributed by atoms with Crippen molar-refractivity contribution in [3.8, 4) is 5.75 Å². The van der Waals surface area contributed by atoms with E-state index in [4.69, 9.17) is 14.9 Å². The lowest BCUT2D eigenvalue weighted by Gasteiger charge is -2.36. The first kappa shape index (κ1) is 20.2. The second-order valence-electron chi connectivity index (χ2n) is 7.14. The van der Waals surface area contributed by atoms with Crippen LogP contribution in [0.2, 0.25) is 18.1 Å². The molecule has 0 spiro atoms. The predicted octanol–water partition coefficient (Wildman–Crippen LogP) is 2.55. The number of benzene rings is 1. The van der Waals surface area contributed by atoms with Gasteiger partial charge in [-0.2, -0.15) is 0 Å². The van der Waals surface area contributed by atoms with Crippen LogP contribution in [0.3, 0.4) is 0 Å². The van der Waals surface area contributed by atoms with Crippen LogP contribution < -0.4 is 15.8 Å². The van der Waals surface area contributed by atoms with Gasteiger partial charge in [0.2, 0.25) is 0 Å². The van der Waals surface area contributed by atoms with E-state index in [0.29, 0.717) is 18.7 Å². The molecule has 0 fully saturated rings. The van der Waals surface area contributed by atoms with Crippen molar-refractivity contribution in [2.75, 3.05) is 20.3 Å². The number of methoxy groups -OCH3 is 1. The monoisotopic (exact) mass is 352 g/mol. The van der Waals surface area contributed by atoms with Crippen molar-refractivity contribution in [3.63, 3.8) is 0 Å². The molecular formula is C17H28N2O4Si. The van der Waals surface area contributed by atoms with E-state index in [2.05, 4.69) is 39.2 Å². The van der Waals surface area contributed by atoms with Gasteiger partial charge in [0.1, 0.15) is 5.75 Å². The lowest BCUT2D eigenvalue weighted by molar-refractivity contribution is 0.0942. The highest BCUT2D eigenvalue weighted by atomic mass is 28.4. The van der Waals surface area contributed by atoms with E-state index in [-0.39, 0.29) is 22.3 Å². The standard InChI is InChI=1S/C17H28N2O4Si/c1-17(2,3)24(5,6)23-10-9-19-16(21)12-7-8-13(15(18)20)14(11-12)22-4/h7-8,11H,9-10H2,1-6H3,(H2,18,20)(H,19,21). The zero-order chi connectivity index (χ0) is 18.5. The van der Waals surface area contributed by atoms with Gasteiger partial charge in [0.05, 0.1) is 19.3 Å². The molecule has 24 heavy (non-hydrogen) atoms. The minimum atomic E-state index is -1.81. The fourth-order valence-corrected chi connectivity index (χ4v) is 2.87. The van der Waals surface area contributed by atoms with Crippen LogP contribution in [0.25, 0.3) is 0 Å². The molecule has 0 unspecified atom stereocenters. The maximum Gasteiger partial charge on any atom is 0.252 e. The number of amides is 2. The third-order valence-electron chi connectivity index (χ3n) is 4.39. The number of hydrogen-bond acceptors (Lipinski definition) is 4. The first-order valence-electron chi connectivity index (χ1n) is 7.89. The van der Waals surface area contributed by atoms with Crippen molar-refractivity contribution in [1.29, 1.82) is 0 Å². The first-order chi connectivity index (χ1) is 11.0. The molecule has 134 valence electrons. The van der Waals surface area contributed by atoms with Crippen LogP contribution in [0, 0.1) is 0 Å². The van der Waals surface area contributed by atoms with Crippen LogP contribution in [0.5, 0.6) is 5.75 Å². The molecule has 0 saturated carbocycles. The Morgan fingerprint density at radius 1 is 1.25 bits per heavy atom. The highest BCUT2D eigenvalue weighted by molar-refractivity contribution is 6.74. The van der Waals surface area contributed by atoms with Crippen molar-refractivity contribution >= 4 is 20.1 Å². The largest absolute Gasteiger partial charge is 0.496 e. The van der Waals surface area contributed by atoms with E-state index < -0.39 is 14.2 Å². The lowest BCUT2D eigenvalue weighted by atomic mass is 10.1. The summed E-state index contributed by atoms with van der Waals surface area (Å²) >= 11 is 0. The molecule has 0 aliphatic rings. The lowest BCUT2D eigenvalue weighted by Crippen LogP contribution is -2.42. The molecule has 7 heteroatoms. The van der Waals surface area contributed by atoms with E-state index in [1.807, 2.05) is 0 Å². The van der Waals surface area contributed by atoms with Crippen molar-refractivity contribution in [1.82, 2.24) is 5.32 Å². The summed E-state index contributed by atoms with van der Waals surface area (Å²) in [5, 5.41) is 2.94. The van der Waals surface area contributed by atoms with E-state index in [1.165, 1.54) is 19.2 Å². The molecule has 0 aliphatic heterocycles. The molecule has 0 bridgehead atoms. The first-order valence-corrected chi connectivity index (χ1v) is 10.8.